The molecule has 132 valence electrons. The van der Waals surface area contributed by atoms with E-state index in [0.29, 0.717) is 6.04 Å². The second-order valence-electron chi connectivity index (χ2n) is 6.66. The lowest BCUT2D eigenvalue weighted by Crippen LogP contribution is -2.32. The molecule has 4 nitrogen and oxygen atoms in total. The van der Waals surface area contributed by atoms with Crippen LogP contribution in [0.5, 0.6) is 0 Å². The molecule has 1 aliphatic heterocycles. The maximum Gasteiger partial charge on any atom is 0.177 e. The van der Waals surface area contributed by atoms with Crippen LogP contribution in [0.1, 0.15) is 36.0 Å². The van der Waals surface area contributed by atoms with Gasteiger partial charge in [0.15, 0.2) is 5.76 Å². The third-order valence-electron chi connectivity index (χ3n) is 4.90. The van der Waals surface area contributed by atoms with Gasteiger partial charge in [0.05, 0.1) is 26.8 Å². The van der Waals surface area contributed by atoms with E-state index in [1.165, 1.54) is 22.5 Å². The summed E-state index contributed by atoms with van der Waals surface area (Å²) in [4.78, 5) is 8.55. The van der Waals surface area contributed by atoms with Gasteiger partial charge in [-0.3, -0.25) is 4.90 Å². The lowest BCUT2D eigenvalue weighted by atomic mass is 10.0. The number of thiazole rings is 1. The molecule has 0 saturated carbocycles. The number of aromatic nitrogens is 2. The molecule has 0 unspecified atom stereocenters. The number of fused-ring (bicyclic) bond motifs is 1. The quantitative estimate of drug-likeness (QED) is 0.452. The number of piperidine rings is 1. The molecule has 26 heavy (non-hydrogen) atoms. The smallest absolute Gasteiger partial charge is 0.177 e. The van der Waals surface area contributed by atoms with Crippen molar-refractivity contribution in [1.82, 2.24) is 15.0 Å². The molecule has 4 heterocycles. The van der Waals surface area contributed by atoms with Crippen molar-refractivity contribution < 1.29 is 4.52 Å². The fraction of sp³-hybridized carbons (Fsp3) is 0.300. The molecule has 0 N–H and O–H groups in total. The summed E-state index contributed by atoms with van der Waals surface area (Å²) in [6, 6.07) is 15.0. The zero-order valence-electron chi connectivity index (χ0n) is 14.3. The first kappa shape index (κ1) is 16.2. The Balaban J connectivity index is 1.39. The molecular weight excluding hydrogens is 362 g/mol. The first-order valence-corrected chi connectivity index (χ1v) is 10.7. The summed E-state index contributed by atoms with van der Waals surface area (Å²) in [5.41, 5.74) is 2.11. The molecule has 6 heteroatoms. The summed E-state index contributed by atoms with van der Waals surface area (Å²) in [6.45, 7) is 1.90. The number of benzene rings is 1. The molecular formula is C20H19N3OS2. The van der Waals surface area contributed by atoms with E-state index in [0.717, 1.165) is 41.4 Å². The average molecular weight is 382 g/mol. The van der Waals surface area contributed by atoms with Crippen molar-refractivity contribution in [1.29, 1.82) is 0 Å². The van der Waals surface area contributed by atoms with Gasteiger partial charge in [0.25, 0.3) is 0 Å². The number of nitrogens with zero attached hydrogens (tertiary/aromatic N) is 3. The molecule has 0 aliphatic carbocycles. The van der Waals surface area contributed by atoms with Gasteiger partial charge in [0.1, 0.15) is 5.01 Å². The van der Waals surface area contributed by atoms with Gasteiger partial charge in [-0.05, 0) is 43.0 Å². The second-order valence-corrected chi connectivity index (χ2v) is 8.67. The van der Waals surface area contributed by atoms with Crippen LogP contribution in [0.4, 0.5) is 0 Å². The van der Waals surface area contributed by atoms with Gasteiger partial charge in [0, 0.05) is 12.6 Å². The van der Waals surface area contributed by atoms with Crippen LogP contribution in [0.15, 0.2) is 52.4 Å². The Hall–Kier alpha value is -2.02. The van der Waals surface area contributed by atoms with Crippen LogP contribution >= 0.6 is 22.7 Å². The predicted molar refractivity (Wildman–Crippen MR) is 106 cm³/mol. The maximum absolute atomic E-state index is 5.56. The van der Waals surface area contributed by atoms with E-state index in [9.17, 15) is 0 Å². The van der Waals surface area contributed by atoms with Gasteiger partial charge in [0.2, 0.25) is 0 Å². The molecule has 1 atom stereocenters. The molecule has 0 spiro atoms. The van der Waals surface area contributed by atoms with Crippen molar-refractivity contribution in [3.05, 3.63) is 58.5 Å². The zero-order valence-corrected chi connectivity index (χ0v) is 15.9. The molecule has 5 rings (SSSR count). The normalized spacial score (nSPS) is 18.5. The van der Waals surface area contributed by atoms with E-state index in [-0.39, 0.29) is 0 Å². The largest absolute Gasteiger partial charge is 0.355 e. The predicted octanol–water partition coefficient (Wildman–Crippen LogP) is 5.74. The van der Waals surface area contributed by atoms with Crippen LogP contribution in [0.25, 0.3) is 20.9 Å². The molecule has 1 saturated heterocycles. The molecule has 0 bridgehead atoms. The number of hydrogen-bond acceptors (Lipinski definition) is 6. The van der Waals surface area contributed by atoms with Crippen molar-refractivity contribution in [2.24, 2.45) is 0 Å². The SMILES string of the molecule is c1csc(-c2cc(CN3CCCC[C@H]3c3nc4ccccc4s3)no2)c1. The first-order valence-electron chi connectivity index (χ1n) is 8.96. The molecule has 1 fully saturated rings. The van der Waals surface area contributed by atoms with Gasteiger partial charge in [-0.25, -0.2) is 4.98 Å². The number of hydrogen-bond donors (Lipinski definition) is 0. The highest BCUT2D eigenvalue weighted by Crippen LogP contribution is 2.36. The fourth-order valence-corrected chi connectivity index (χ4v) is 5.43. The van der Waals surface area contributed by atoms with Crippen LogP contribution in [0.3, 0.4) is 0 Å². The number of likely N-dealkylation sites (tertiary alicyclic amines) is 1. The zero-order chi connectivity index (χ0) is 17.3. The highest BCUT2D eigenvalue weighted by atomic mass is 32.1. The third kappa shape index (κ3) is 3.09. The van der Waals surface area contributed by atoms with Gasteiger partial charge >= 0.3 is 0 Å². The third-order valence-corrected chi connectivity index (χ3v) is 6.92. The van der Waals surface area contributed by atoms with Crippen molar-refractivity contribution >= 4 is 32.9 Å². The van der Waals surface area contributed by atoms with Gasteiger partial charge in [-0.2, -0.15) is 0 Å². The molecule has 0 amide bonds. The van der Waals surface area contributed by atoms with Crippen LogP contribution in [-0.2, 0) is 6.54 Å². The topological polar surface area (TPSA) is 42.2 Å². The minimum Gasteiger partial charge on any atom is -0.355 e. The number of para-hydroxylation sites is 1. The van der Waals surface area contributed by atoms with Crippen molar-refractivity contribution in [3.63, 3.8) is 0 Å². The van der Waals surface area contributed by atoms with E-state index < -0.39 is 0 Å². The highest BCUT2D eigenvalue weighted by molar-refractivity contribution is 7.18. The number of rotatable bonds is 4. The minimum atomic E-state index is 0.378. The number of thiophene rings is 1. The van der Waals surface area contributed by atoms with E-state index in [2.05, 4.69) is 51.8 Å². The Morgan fingerprint density at radius 3 is 3.00 bits per heavy atom. The summed E-state index contributed by atoms with van der Waals surface area (Å²) in [7, 11) is 0. The van der Waals surface area contributed by atoms with Crippen molar-refractivity contribution in [3.8, 4) is 10.6 Å². The summed E-state index contributed by atoms with van der Waals surface area (Å²) >= 11 is 3.51. The first-order chi connectivity index (χ1) is 12.9. The van der Waals surface area contributed by atoms with Crippen molar-refractivity contribution in [2.75, 3.05) is 6.54 Å². The molecule has 1 aromatic carbocycles. The van der Waals surface area contributed by atoms with Crippen molar-refractivity contribution in [2.45, 2.75) is 31.8 Å². The summed E-state index contributed by atoms with van der Waals surface area (Å²) in [6.07, 6.45) is 3.66. The van der Waals surface area contributed by atoms with E-state index in [1.54, 1.807) is 11.3 Å². The Bertz CT molecular complexity index is 972. The highest BCUT2D eigenvalue weighted by Gasteiger charge is 2.27. The van der Waals surface area contributed by atoms with Gasteiger partial charge in [-0.15, -0.1) is 22.7 Å². The Morgan fingerprint density at radius 2 is 2.12 bits per heavy atom. The summed E-state index contributed by atoms with van der Waals surface area (Å²) in [5, 5.41) is 7.60. The second kappa shape index (κ2) is 6.95. The maximum atomic E-state index is 5.56. The lowest BCUT2D eigenvalue weighted by Gasteiger charge is -2.33. The lowest BCUT2D eigenvalue weighted by molar-refractivity contribution is 0.137. The van der Waals surface area contributed by atoms with Crippen LogP contribution in [0.2, 0.25) is 0 Å². The standard InChI is InChI=1S/C20H19N3OS2/c1-2-8-18-15(6-1)21-20(26-18)16-7-3-4-10-23(16)13-14-12-17(24-22-14)19-9-5-11-25-19/h1-2,5-6,8-9,11-12,16H,3-4,7,10,13H2/t16-/m0/s1. The molecule has 0 radical (unpaired) electrons. The molecule has 3 aromatic heterocycles. The Kier molecular flexibility index (Phi) is 4.32. The Morgan fingerprint density at radius 1 is 1.15 bits per heavy atom. The molecule has 4 aromatic rings. The monoisotopic (exact) mass is 381 g/mol. The van der Waals surface area contributed by atoms with Gasteiger partial charge < -0.3 is 4.52 Å². The van der Waals surface area contributed by atoms with Crippen LogP contribution in [0, 0.1) is 0 Å². The van der Waals surface area contributed by atoms with E-state index >= 15 is 0 Å². The van der Waals surface area contributed by atoms with E-state index in [4.69, 9.17) is 9.51 Å². The summed E-state index contributed by atoms with van der Waals surface area (Å²) < 4.78 is 6.83. The Labute approximate surface area is 160 Å². The fourth-order valence-electron chi connectivity index (χ4n) is 3.62. The molecule has 1 aliphatic rings. The summed E-state index contributed by atoms with van der Waals surface area (Å²) in [5.74, 6) is 0.864. The van der Waals surface area contributed by atoms with Crippen LogP contribution in [-0.4, -0.2) is 21.6 Å². The average Bonchev–Trinajstić information content (AvgIpc) is 3.42. The van der Waals surface area contributed by atoms with Gasteiger partial charge in [-0.1, -0.05) is 29.8 Å². The van der Waals surface area contributed by atoms with Crippen LogP contribution < -0.4 is 0 Å². The minimum absolute atomic E-state index is 0.378. The van der Waals surface area contributed by atoms with E-state index in [1.807, 2.05) is 17.4 Å².